The number of carboxylic acids is 1. The first-order valence-electron chi connectivity index (χ1n) is 6.81. The Morgan fingerprint density at radius 1 is 1.09 bits per heavy atom. The van der Waals surface area contributed by atoms with E-state index in [1.165, 1.54) is 11.3 Å². The summed E-state index contributed by atoms with van der Waals surface area (Å²) in [5.74, 6) is -1.11. The monoisotopic (exact) mass is 323 g/mol. The summed E-state index contributed by atoms with van der Waals surface area (Å²) in [5, 5.41) is 18.0. The van der Waals surface area contributed by atoms with Gasteiger partial charge in [0.2, 0.25) is 0 Å². The molecule has 0 spiro atoms. The Morgan fingerprint density at radius 3 is 2.39 bits per heavy atom. The molecule has 0 unspecified atom stereocenters. The minimum atomic E-state index is -1.11. The van der Waals surface area contributed by atoms with Crippen molar-refractivity contribution in [3.8, 4) is 10.4 Å². The normalized spacial score (nSPS) is 10.4. The first kappa shape index (κ1) is 14.9. The molecule has 6 heteroatoms. The molecule has 0 saturated heterocycles. The van der Waals surface area contributed by atoms with Crippen molar-refractivity contribution in [2.75, 3.05) is 5.73 Å². The van der Waals surface area contributed by atoms with Crippen molar-refractivity contribution in [3.05, 3.63) is 70.9 Å². The van der Waals surface area contributed by atoms with E-state index in [2.05, 4.69) is 4.98 Å². The van der Waals surface area contributed by atoms with E-state index in [4.69, 9.17) is 11.1 Å². The van der Waals surface area contributed by atoms with Crippen molar-refractivity contribution in [3.63, 3.8) is 0 Å². The van der Waals surface area contributed by atoms with Crippen LogP contribution in [0.3, 0.4) is 0 Å². The van der Waals surface area contributed by atoms with Crippen LogP contribution in [0.25, 0.3) is 10.4 Å². The molecule has 1 aromatic heterocycles. The number of aromatic carboxylic acids is 1. The van der Waals surface area contributed by atoms with E-state index in [0.717, 1.165) is 5.56 Å². The molecule has 0 aliphatic heterocycles. The van der Waals surface area contributed by atoms with Crippen LogP contribution >= 0.6 is 11.3 Å². The van der Waals surface area contributed by atoms with Crippen molar-refractivity contribution in [2.45, 2.75) is 0 Å². The van der Waals surface area contributed by atoms with Gasteiger partial charge in [-0.3, -0.25) is 5.41 Å². The Bertz CT molecular complexity index is 888. The number of aromatic nitrogens is 1. The summed E-state index contributed by atoms with van der Waals surface area (Å²) in [6, 6.07) is 16.2. The van der Waals surface area contributed by atoms with Crippen LogP contribution in [0.4, 0.5) is 5.69 Å². The molecule has 5 nitrogen and oxygen atoms in total. The van der Waals surface area contributed by atoms with Crippen LogP contribution in [-0.4, -0.2) is 21.8 Å². The van der Waals surface area contributed by atoms with Gasteiger partial charge in [-0.15, -0.1) is 11.3 Å². The number of benzene rings is 2. The third-order valence-electron chi connectivity index (χ3n) is 3.31. The maximum atomic E-state index is 11.5. The molecule has 23 heavy (non-hydrogen) atoms. The number of nitrogens with zero attached hydrogens (tertiary/aromatic N) is 1. The molecule has 3 aromatic rings. The number of hydrogen-bond donors (Lipinski definition) is 3. The zero-order chi connectivity index (χ0) is 16.4. The Balaban J connectivity index is 2.10. The Morgan fingerprint density at radius 2 is 1.74 bits per heavy atom. The number of hydrogen-bond acceptors (Lipinski definition) is 5. The van der Waals surface area contributed by atoms with Gasteiger partial charge in [0.05, 0.1) is 10.6 Å². The van der Waals surface area contributed by atoms with Crippen LogP contribution in [0.15, 0.2) is 54.6 Å². The smallest absolute Gasteiger partial charge is 0.356 e. The zero-order valence-electron chi connectivity index (χ0n) is 12.0. The molecule has 0 radical (unpaired) electrons. The Labute approximate surface area is 136 Å². The van der Waals surface area contributed by atoms with E-state index in [-0.39, 0.29) is 11.4 Å². The highest BCUT2D eigenvalue weighted by Gasteiger charge is 2.21. The molecular formula is C17H13N3O2S. The number of rotatable bonds is 4. The number of carboxylic acid groups (broad SMARTS) is 1. The van der Waals surface area contributed by atoms with Crippen LogP contribution in [0.5, 0.6) is 0 Å². The molecule has 0 fully saturated rings. The predicted molar refractivity (Wildman–Crippen MR) is 91.3 cm³/mol. The second-order valence-corrected chi connectivity index (χ2v) is 5.83. The first-order valence-corrected chi connectivity index (χ1v) is 7.63. The lowest BCUT2D eigenvalue weighted by atomic mass is 10.1. The second kappa shape index (κ2) is 6.02. The van der Waals surface area contributed by atoms with Crippen molar-refractivity contribution < 1.29 is 9.90 Å². The number of nitrogen functional groups attached to an aromatic ring is 1. The van der Waals surface area contributed by atoms with Gasteiger partial charge >= 0.3 is 5.97 Å². The van der Waals surface area contributed by atoms with E-state index in [1.54, 1.807) is 24.3 Å². The summed E-state index contributed by atoms with van der Waals surface area (Å²) in [6.45, 7) is 0. The van der Waals surface area contributed by atoms with Gasteiger partial charge in [0.25, 0.3) is 0 Å². The highest BCUT2D eigenvalue weighted by atomic mass is 32.1. The predicted octanol–water partition coefficient (Wildman–Crippen LogP) is 3.51. The zero-order valence-corrected chi connectivity index (χ0v) is 12.8. The molecule has 0 atom stereocenters. The summed E-state index contributed by atoms with van der Waals surface area (Å²) < 4.78 is 0. The number of nitrogens with two attached hydrogens (primary N) is 1. The number of anilines is 1. The third-order valence-corrected chi connectivity index (χ3v) is 4.43. The Kier molecular flexibility index (Phi) is 3.91. The molecule has 114 valence electrons. The van der Waals surface area contributed by atoms with E-state index in [1.807, 2.05) is 30.3 Å². The van der Waals surface area contributed by atoms with Crippen LogP contribution in [-0.2, 0) is 0 Å². The standard InChI is InChI=1S/C17H13N3O2S/c18-12-9-5-4-8-11(12)13(19)16-20-14(17(21)22)15(23-16)10-6-2-1-3-7-10/h1-9,19H,18H2,(H,21,22). The van der Waals surface area contributed by atoms with Crippen molar-refractivity contribution in [1.29, 1.82) is 5.41 Å². The maximum absolute atomic E-state index is 11.5. The van der Waals surface area contributed by atoms with E-state index < -0.39 is 5.97 Å². The van der Waals surface area contributed by atoms with E-state index in [9.17, 15) is 9.90 Å². The summed E-state index contributed by atoms with van der Waals surface area (Å²) in [7, 11) is 0. The van der Waals surface area contributed by atoms with Gasteiger partial charge in [0.15, 0.2) is 5.69 Å². The largest absolute Gasteiger partial charge is 0.476 e. The van der Waals surface area contributed by atoms with Crippen molar-refractivity contribution in [1.82, 2.24) is 4.98 Å². The number of nitrogens with one attached hydrogen (secondary N) is 1. The lowest BCUT2D eigenvalue weighted by Crippen LogP contribution is -2.06. The fourth-order valence-corrected chi connectivity index (χ4v) is 3.22. The molecule has 3 rings (SSSR count). The minimum absolute atomic E-state index is 0.0459. The van der Waals surface area contributed by atoms with Crippen LogP contribution in [0, 0.1) is 5.41 Å². The maximum Gasteiger partial charge on any atom is 0.356 e. The average Bonchev–Trinajstić information content (AvgIpc) is 3.01. The van der Waals surface area contributed by atoms with Crippen LogP contribution < -0.4 is 5.73 Å². The molecule has 0 amide bonds. The average molecular weight is 323 g/mol. The summed E-state index contributed by atoms with van der Waals surface area (Å²) in [5.41, 5.74) is 7.74. The van der Waals surface area contributed by atoms with Gasteiger partial charge in [-0.1, -0.05) is 48.5 Å². The summed E-state index contributed by atoms with van der Waals surface area (Å²) in [4.78, 5) is 16.2. The Hall–Kier alpha value is -2.99. The van der Waals surface area contributed by atoms with Gasteiger partial charge < -0.3 is 10.8 Å². The molecule has 2 aromatic carbocycles. The SMILES string of the molecule is N=C(c1nc(C(=O)O)c(-c2ccccc2)s1)c1ccccc1N. The molecular weight excluding hydrogens is 310 g/mol. The highest BCUT2D eigenvalue weighted by Crippen LogP contribution is 2.32. The molecule has 0 saturated carbocycles. The van der Waals surface area contributed by atoms with E-state index >= 15 is 0 Å². The van der Waals surface area contributed by atoms with Crippen molar-refractivity contribution in [2.24, 2.45) is 0 Å². The van der Waals surface area contributed by atoms with Crippen molar-refractivity contribution >= 4 is 28.7 Å². The number of thiazole rings is 1. The van der Waals surface area contributed by atoms with Crippen LogP contribution in [0.2, 0.25) is 0 Å². The third kappa shape index (κ3) is 2.84. The van der Waals surface area contributed by atoms with Gasteiger partial charge in [-0.25, -0.2) is 9.78 Å². The topological polar surface area (TPSA) is 100 Å². The number of carbonyl (C=O) groups is 1. The van der Waals surface area contributed by atoms with Gasteiger partial charge in [0, 0.05) is 11.3 Å². The van der Waals surface area contributed by atoms with Gasteiger partial charge in [-0.05, 0) is 11.6 Å². The van der Waals surface area contributed by atoms with E-state index in [0.29, 0.717) is 21.1 Å². The lowest BCUT2D eigenvalue weighted by molar-refractivity contribution is 0.0692. The second-order valence-electron chi connectivity index (χ2n) is 4.83. The molecule has 1 heterocycles. The first-order chi connectivity index (χ1) is 11.1. The minimum Gasteiger partial charge on any atom is -0.476 e. The summed E-state index contributed by atoms with van der Waals surface area (Å²) >= 11 is 1.18. The lowest BCUT2D eigenvalue weighted by Gasteiger charge is -2.03. The quantitative estimate of drug-likeness (QED) is 0.505. The molecule has 4 N–H and O–H groups in total. The molecule has 0 aliphatic rings. The molecule has 0 aliphatic carbocycles. The highest BCUT2D eigenvalue weighted by molar-refractivity contribution is 7.17. The van der Waals surface area contributed by atoms with Crippen LogP contribution in [0.1, 0.15) is 21.1 Å². The number of para-hydroxylation sites is 1. The van der Waals surface area contributed by atoms with Gasteiger partial charge in [0.1, 0.15) is 5.01 Å². The summed E-state index contributed by atoms with van der Waals surface area (Å²) in [6.07, 6.45) is 0. The van der Waals surface area contributed by atoms with Gasteiger partial charge in [-0.2, -0.15) is 0 Å². The fraction of sp³-hybridized carbons (Fsp3) is 0. The fourth-order valence-electron chi connectivity index (χ4n) is 2.20. The molecule has 0 bridgehead atoms.